The van der Waals surface area contributed by atoms with E-state index in [9.17, 15) is 9.59 Å². The third-order valence-electron chi connectivity index (χ3n) is 6.85. The first-order valence-electron chi connectivity index (χ1n) is 12.7. The second-order valence-electron chi connectivity index (χ2n) is 9.44. The second kappa shape index (κ2) is 10.7. The van der Waals surface area contributed by atoms with Crippen molar-refractivity contribution in [3.05, 3.63) is 81.1 Å². The largest absolute Gasteiger partial charge is 0.493 e. The Kier molecular flexibility index (Phi) is 7.17. The Bertz CT molecular complexity index is 1640. The van der Waals surface area contributed by atoms with E-state index in [1.54, 1.807) is 30.0 Å². The number of methoxy groups -OCH3 is 4. The maximum Gasteiger partial charge on any atom is 0.278 e. The molecule has 40 heavy (non-hydrogen) atoms. The van der Waals surface area contributed by atoms with Gasteiger partial charge in [0.05, 0.1) is 39.7 Å². The predicted octanol–water partition coefficient (Wildman–Crippen LogP) is 4.63. The molecule has 208 valence electrons. The average Bonchev–Trinajstić information content (AvgIpc) is 3.20. The zero-order valence-electron chi connectivity index (χ0n) is 23.3. The number of fused-ring (bicyclic) bond motifs is 2. The highest BCUT2D eigenvalue weighted by molar-refractivity contribution is 5.91. The fourth-order valence-electron chi connectivity index (χ4n) is 5.02. The fourth-order valence-corrected chi connectivity index (χ4v) is 5.02. The summed E-state index contributed by atoms with van der Waals surface area (Å²) in [6, 6.07) is 14.6. The normalized spacial score (nSPS) is 11.7. The molecular weight excluding hydrogens is 514 g/mol. The first-order chi connectivity index (χ1) is 19.3. The van der Waals surface area contributed by atoms with Gasteiger partial charge in [0, 0.05) is 29.8 Å². The summed E-state index contributed by atoms with van der Waals surface area (Å²) in [6.07, 6.45) is 0.340. The molecule has 2 heterocycles. The molecule has 0 unspecified atom stereocenters. The van der Waals surface area contributed by atoms with Gasteiger partial charge in [0.1, 0.15) is 6.54 Å². The Morgan fingerprint density at radius 1 is 0.925 bits per heavy atom. The van der Waals surface area contributed by atoms with E-state index in [2.05, 4.69) is 5.32 Å². The zero-order valence-corrected chi connectivity index (χ0v) is 23.3. The molecule has 0 bridgehead atoms. The molecule has 10 heteroatoms. The topological polar surface area (TPSA) is 102 Å². The van der Waals surface area contributed by atoms with Gasteiger partial charge in [0.15, 0.2) is 23.0 Å². The van der Waals surface area contributed by atoms with Crippen LogP contribution in [0, 0.1) is 13.8 Å². The van der Waals surface area contributed by atoms with Gasteiger partial charge in [-0.25, -0.2) is 9.36 Å². The SMILES string of the molecule is COc1cccc2c1Oc1c(c(=O)n(-c3ccc(C)cc3C)n1CC(=O)Nc1cc(OC)c(OC)c(OC)c1)C2. The van der Waals surface area contributed by atoms with Gasteiger partial charge < -0.3 is 29.0 Å². The molecule has 10 nitrogen and oxygen atoms in total. The molecular formula is C30H31N3O7. The summed E-state index contributed by atoms with van der Waals surface area (Å²) < 4.78 is 31.1. The molecule has 1 aliphatic heterocycles. The van der Waals surface area contributed by atoms with Crippen LogP contribution in [-0.2, 0) is 17.8 Å². The van der Waals surface area contributed by atoms with Crippen LogP contribution in [0.15, 0.2) is 53.3 Å². The molecule has 0 saturated carbocycles. The minimum Gasteiger partial charge on any atom is -0.493 e. The van der Waals surface area contributed by atoms with E-state index in [-0.39, 0.29) is 18.0 Å². The van der Waals surface area contributed by atoms with Crippen molar-refractivity contribution in [2.45, 2.75) is 26.8 Å². The lowest BCUT2D eigenvalue weighted by Gasteiger charge is -2.21. The number of aromatic nitrogens is 2. The van der Waals surface area contributed by atoms with Crippen LogP contribution in [0.25, 0.3) is 5.69 Å². The van der Waals surface area contributed by atoms with Crippen molar-refractivity contribution < 1.29 is 28.5 Å². The van der Waals surface area contributed by atoms with Crippen LogP contribution in [0.4, 0.5) is 5.69 Å². The quantitative estimate of drug-likeness (QED) is 0.303. The zero-order chi connectivity index (χ0) is 28.6. The summed E-state index contributed by atoms with van der Waals surface area (Å²) >= 11 is 0. The highest BCUT2D eigenvalue weighted by Crippen LogP contribution is 2.42. The van der Waals surface area contributed by atoms with E-state index < -0.39 is 0 Å². The lowest BCUT2D eigenvalue weighted by atomic mass is 10.0. The van der Waals surface area contributed by atoms with E-state index in [4.69, 9.17) is 23.7 Å². The summed E-state index contributed by atoms with van der Waals surface area (Å²) in [5.74, 6) is 2.18. The smallest absolute Gasteiger partial charge is 0.278 e. The van der Waals surface area contributed by atoms with Crippen LogP contribution in [-0.4, -0.2) is 43.7 Å². The lowest BCUT2D eigenvalue weighted by Crippen LogP contribution is -2.28. The molecule has 5 rings (SSSR count). The van der Waals surface area contributed by atoms with Crippen molar-refractivity contribution in [1.82, 2.24) is 9.36 Å². The number of hydrogen-bond donors (Lipinski definition) is 1. The number of para-hydroxylation sites is 1. The van der Waals surface area contributed by atoms with E-state index in [1.165, 1.54) is 26.0 Å². The van der Waals surface area contributed by atoms with E-state index in [0.717, 1.165) is 16.7 Å². The summed E-state index contributed by atoms with van der Waals surface area (Å²) in [5.41, 5.74) is 4.08. The molecule has 0 atom stereocenters. The van der Waals surface area contributed by atoms with Gasteiger partial charge in [0.25, 0.3) is 5.56 Å². The maximum absolute atomic E-state index is 13.9. The van der Waals surface area contributed by atoms with Crippen LogP contribution in [0.5, 0.6) is 34.6 Å². The summed E-state index contributed by atoms with van der Waals surface area (Å²) in [6.45, 7) is 3.71. The Hall–Kier alpha value is -4.86. The predicted molar refractivity (Wildman–Crippen MR) is 150 cm³/mol. The molecule has 1 N–H and O–H groups in total. The van der Waals surface area contributed by atoms with Crippen LogP contribution in [0.1, 0.15) is 22.3 Å². The van der Waals surface area contributed by atoms with Crippen molar-refractivity contribution in [1.29, 1.82) is 0 Å². The summed E-state index contributed by atoms with van der Waals surface area (Å²) in [7, 11) is 6.07. The molecule has 0 saturated heterocycles. The molecule has 1 aromatic heterocycles. The van der Waals surface area contributed by atoms with Crippen LogP contribution in [0.3, 0.4) is 0 Å². The van der Waals surface area contributed by atoms with Gasteiger partial charge in [-0.2, -0.15) is 0 Å². The number of anilines is 1. The summed E-state index contributed by atoms with van der Waals surface area (Å²) in [4.78, 5) is 27.3. The Balaban J connectivity index is 1.59. The van der Waals surface area contributed by atoms with E-state index in [1.807, 2.05) is 44.2 Å². The van der Waals surface area contributed by atoms with Gasteiger partial charge >= 0.3 is 0 Å². The third-order valence-corrected chi connectivity index (χ3v) is 6.85. The molecule has 1 aliphatic rings. The van der Waals surface area contributed by atoms with Crippen molar-refractivity contribution in [2.75, 3.05) is 33.8 Å². The fraction of sp³-hybridized carbons (Fsp3) is 0.267. The van der Waals surface area contributed by atoms with Gasteiger partial charge in [-0.15, -0.1) is 0 Å². The van der Waals surface area contributed by atoms with Crippen LogP contribution >= 0.6 is 0 Å². The number of rotatable bonds is 8. The number of nitrogens with one attached hydrogen (secondary N) is 1. The van der Waals surface area contributed by atoms with Gasteiger partial charge in [-0.05, 0) is 31.5 Å². The van der Waals surface area contributed by atoms with Crippen LogP contribution < -0.4 is 34.6 Å². The monoisotopic (exact) mass is 545 g/mol. The average molecular weight is 546 g/mol. The lowest BCUT2D eigenvalue weighted by molar-refractivity contribution is -0.117. The number of aryl methyl sites for hydroxylation is 2. The first-order valence-corrected chi connectivity index (χ1v) is 12.7. The number of amides is 1. The van der Waals surface area contributed by atoms with Crippen LogP contribution in [0.2, 0.25) is 0 Å². The number of nitrogens with zero attached hydrogens (tertiary/aromatic N) is 2. The van der Waals surface area contributed by atoms with E-state index in [0.29, 0.717) is 58.0 Å². The maximum atomic E-state index is 13.9. The third kappa shape index (κ3) is 4.61. The van der Waals surface area contributed by atoms with Crippen molar-refractivity contribution in [3.8, 4) is 40.3 Å². The number of benzene rings is 3. The standard InChI is InChI=1S/C30H31N3O7/c1-17-10-11-22(18(2)12-17)33-29(35)21-13-19-8-7-9-23(36-3)27(19)40-30(21)32(33)16-26(34)31-20-14-24(37-4)28(39-6)25(15-20)38-5/h7-12,14-15H,13,16H2,1-6H3,(H,31,34). The molecule has 0 fully saturated rings. The number of hydrogen-bond acceptors (Lipinski definition) is 7. The van der Waals surface area contributed by atoms with Gasteiger partial charge in [-0.1, -0.05) is 29.8 Å². The van der Waals surface area contributed by atoms with Crippen molar-refractivity contribution in [3.63, 3.8) is 0 Å². The molecule has 1 amide bonds. The van der Waals surface area contributed by atoms with Crippen molar-refractivity contribution >= 4 is 11.6 Å². The molecule has 4 aromatic rings. The molecule has 3 aromatic carbocycles. The first kappa shape index (κ1) is 26.7. The Morgan fingerprint density at radius 2 is 1.62 bits per heavy atom. The Labute approximate surface area is 231 Å². The molecule has 0 spiro atoms. The summed E-state index contributed by atoms with van der Waals surface area (Å²) in [5, 5.41) is 2.88. The minimum atomic E-state index is -0.389. The molecule has 0 radical (unpaired) electrons. The number of carbonyl (C=O) groups excluding carboxylic acids is 1. The Morgan fingerprint density at radius 3 is 2.25 bits per heavy atom. The minimum absolute atomic E-state index is 0.209. The highest BCUT2D eigenvalue weighted by atomic mass is 16.5. The number of ether oxygens (including phenoxy) is 5. The number of carbonyl (C=O) groups is 1. The highest BCUT2D eigenvalue weighted by Gasteiger charge is 2.31. The van der Waals surface area contributed by atoms with Crippen molar-refractivity contribution in [2.24, 2.45) is 0 Å². The van der Waals surface area contributed by atoms with E-state index >= 15 is 0 Å². The second-order valence-corrected chi connectivity index (χ2v) is 9.44. The van der Waals surface area contributed by atoms with Gasteiger partial charge in [-0.3, -0.25) is 9.59 Å². The molecule has 0 aliphatic carbocycles. The van der Waals surface area contributed by atoms with Gasteiger partial charge in [0.2, 0.25) is 17.5 Å².